The van der Waals surface area contributed by atoms with Crippen LogP contribution in [0.2, 0.25) is 10.2 Å². The van der Waals surface area contributed by atoms with Gasteiger partial charge in [-0.3, -0.25) is 4.79 Å². The third kappa shape index (κ3) is 2.19. The Bertz CT molecular complexity index is 292. The first-order chi connectivity index (χ1) is 5.63. The lowest BCUT2D eigenvalue weighted by molar-refractivity contribution is 0.0983. The van der Waals surface area contributed by atoms with Crippen molar-refractivity contribution in [2.75, 3.05) is 0 Å². The first-order valence-electron chi connectivity index (χ1n) is 3.49. The van der Waals surface area contributed by atoms with Crippen LogP contribution in [0.4, 0.5) is 0 Å². The molecule has 1 aromatic heterocycles. The highest BCUT2D eigenvalue weighted by Gasteiger charge is 2.06. The lowest BCUT2D eigenvalue weighted by atomic mass is 10.2. The fourth-order valence-corrected chi connectivity index (χ4v) is 1.26. The van der Waals surface area contributed by atoms with E-state index in [9.17, 15) is 4.79 Å². The van der Waals surface area contributed by atoms with Crippen molar-refractivity contribution in [2.45, 2.75) is 13.3 Å². The largest absolute Gasteiger partial charge is 0.292 e. The molecule has 0 spiro atoms. The molecule has 1 rings (SSSR count). The maximum Gasteiger partial charge on any atom is 0.181 e. The minimum Gasteiger partial charge on any atom is -0.292 e. The van der Waals surface area contributed by atoms with Crippen molar-refractivity contribution in [1.29, 1.82) is 0 Å². The zero-order chi connectivity index (χ0) is 9.14. The van der Waals surface area contributed by atoms with Crippen LogP contribution in [-0.2, 0) is 0 Å². The van der Waals surface area contributed by atoms with Gasteiger partial charge in [-0.25, -0.2) is 4.98 Å². The monoisotopic (exact) mass is 203 g/mol. The average Bonchev–Trinajstić information content (AvgIpc) is 2.01. The van der Waals surface area contributed by atoms with Gasteiger partial charge in [0.2, 0.25) is 0 Å². The molecule has 0 bridgehead atoms. The summed E-state index contributed by atoms with van der Waals surface area (Å²) in [6.07, 6.45) is 0.406. The molecule has 0 saturated heterocycles. The van der Waals surface area contributed by atoms with Crippen LogP contribution in [-0.4, -0.2) is 10.8 Å². The molecule has 1 aromatic rings. The molecule has 12 heavy (non-hydrogen) atoms. The molecule has 0 aromatic carbocycles. The Kier molecular flexibility index (Phi) is 3.06. The molecule has 0 amide bonds. The maximum absolute atomic E-state index is 11.1. The Hall–Kier alpha value is -0.600. The Morgan fingerprint density at radius 1 is 1.50 bits per heavy atom. The third-order valence-electron chi connectivity index (χ3n) is 1.37. The van der Waals surface area contributed by atoms with E-state index in [2.05, 4.69) is 4.98 Å². The highest BCUT2D eigenvalue weighted by atomic mass is 35.5. The predicted octanol–water partition coefficient (Wildman–Crippen LogP) is 2.98. The standard InChI is InChI=1S/C8H7Cl2NO/c1-2-7(12)6-3-5(9)4-8(10)11-6/h3-4H,2H2,1H3. The number of aromatic nitrogens is 1. The van der Waals surface area contributed by atoms with Crippen molar-refractivity contribution in [3.63, 3.8) is 0 Å². The molecule has 0 radical (unpaired) electrons. The normalized spacial score (nSPS) is 9.92. The van der Waals surface area contributed by atoms with Crippen molar-refractivity contribution in [2.24, 2.45) is 0 Å². The summed E-state index contributed by atoms with van der Waals surface area (Å²) >= 11 is 11.3. The first kappa shape index (κ1) is 9.49. The van der Waals surface area contributed by atoms with Crippen molar-refractivity contribution < 1.29 is 4.79 Å². The molecule has 0 aliphatic heterocycles. The van der Waals surface area contributed by atoms with Crippen LogP contribution in [0.15, 0.2) is 12.1 Å². The SMILES string of the molecule is CCC(=O)c1cc(Cl)cc(Cl)n1. The van der Waals surface area contributed by atoms with E-state index in [1.165, 1.54) is 12.1 Å². The summed E-state index contributed by atoms with van der Waals surface area (Å²) in [4.78, 5) is 15.0. The minimum atomic E-state index is -0.0561. The summed E-state index contributed by atoms with van der Waals surface area (Å²) in [5.41, 5.74) is 0.329. The second-order valence-electron chi connectivity index (χ2n) is 2.27. The average molecular weight is 204 g/mol. The van der Waals surface area contributed by atoms with E-state index in [0.717, 1.165) is 0 Å². The van der Waals surface area contributed by atoms with Gasteiger partial charge in [-0.05, 0) is 12.1 Å². The summed E-state index contributed by atoms with van der Waals surface area (Å²) in [5.74, 6) is -0.0561. The van der Waals surface area contributed by atoms with Gasteiger partial charge >= 0.3 is 0 Å². The van der Waals surface area contributed by atoms with Crippen LogP contribution in [0.1, 0.15) is 23.8 Å². The number of halogens is 2. The topological polar surface area (TPSA) is 30.0 Å². The second-order valence-corrected chi connectivity index (χ2v) is 3.09. The van der Waals surface area contributed by atoms with Crippen molar-refractivity contribution in [1.82, 2.24) is 4.98 Å². The Labute approximate surface area is 80.5 Å². The molecular formula is C8H7Cl2NO. The quantitative estimate of drug-likeness (QED) is 0.547. The summed E-state index contributed by atoms with van der Waals surface area (Å²) < 4.78 is 0. The van der Waals surface area contributed by atoms with Crippen molar-refractivity contribution >= 4 is 29.0 Å². The number of carbonyl (C=O) groups is 1. The second kappa shape index (κ2) is 3.87. The highest BCUT2D eigenvalue weighted by Crippen LogP contribution is 2.16. The number of ketones is 1. The van der Waals surface area contributed by atoms with Gasteiger partial charge in [0.1, 0.15) is 10.8 Å². The van der Waals surface area contributed by atoms with Crippen molar-refractivity contribution in [3.05, 3.63) is 28.0 Å². The van der Waals surface area contributed by atoms with E-state index in [4.69, 9.17) is 23.2 Å². The van der Waals surface area contributed by atoms with Crippen LogP contribution in [0, 0.1) is 0 Å². The zero-order valence-corrected chi connectivity index (χ0v) is 7.99. The summed E-state index contributed by atoms with van der Waals surface area (Å²) in [6.45, 7) is 1.76. The number of rotatable bonds is 2. The minimum absolute atomic E-state index is 0.0561. The zero-order valence-electron chi connectivity index (χ0n) is 6.47. The Morgan fingerprint density at radius 3 is 2.67 bits per heavy atom. The molecule has 0 aliphatic carbocycles. The first-order valence-corrected chi connectivity index (χ1v) is 4.25. The molecule has 0 saturated carbocycles. The number of hydrogen-bond donors (Lipinski definition) is 0. The number of hydrogen-bond acceptors (Lipinski definition) is 2. The molecule has 0 N–H and O–H groups in total. The van der Waals surface area contributed by atoms with Gasteiger partial charge in [0.05, 0.1) is 0 Å². The fourth-order valence-electron chi connectivity index (χ4n) is 0.790. The highest BCUT2D eigenvalue weighted by molar-refractivity contribution is 6.34. The summed E-state index contributed by atoms with van der Waals surface area (Å²) in [6, 6.07) is 3.01. The van der Waals surface area contributed by atoms with Gasteiger partial charge < -0.3 is 0 Å². The Balaban J connectivity index is 3.08. The number of pyridine rings is 1. The van der Waals surface area contributed by atoms with Gasteiger partial charge in [-0.2, -0.15) is 0 Å². The van der Waals surface area contributed by atoms with E-state index in [1.807, 2.05) is 0 Å². The molecule has 0 atom stereocenters. The van der Waals surface area contributed by atoms with E-state index in [1.54, 1.807) is 6.92 Å². The molecule has 64 valence electrons. The van der Waals surface area contributed by atoms with Gasteiger partial charge in [0, 0.05) is 11.4 Å². The predicted molar refractivity (Wildman–Crippen MR) is 48.9 cm³/mol. The molecule has 1 heterocycles. The molecule has 0 unspecified atom stereocenters. The molecule has 0 fully saturated rings. The smallest absolute Gasteiger partial charge is 0.181 e. The van der Waals surface area contributed by atoms with Crippen LogP contribution < -0.4 is 0 Å². The van der Waals surface area contributed by atoms with E-state index in [0.29, 0.717) is 17.1 Å². The van der Waals surface area contributed by atoms with E-state index in [-0.39, 0.29) is 10.9 Å². The summed E-state index contributed by atoms with van der Waals surface area (Å²) in [7, 11) is 0. The van der Waals surface area contributed by atoms with Gasteiger partial charge in [0.15, 0.2) is 5.78 Å². The van der Waals surface area contributed by atoms with Crippen LogP contribution >= 0.6 is 23.2 Å². The number of carbonyl (C=O) groups excluding carboxylic acids is 1. The Morgan fingerprint density at radius 2 is 2.17 bits per heavy atom. The lowest BCUT2D eigenvalue weighted by Gasteiger charge is -1.98. The van der Waals surface area contributed by atoms with E-state index >= 15 is 0 Å². The van der Waals surface area contributed by atoms with Gasteiger partial charge in [-0.1, -0.05) is 30.1 Å². The van der Waals surface area contributed by atoms with Gasteiger partial charge in [-0.15, -0.1) is 0 Å². The molecule has 0 aliphatic rings. The van der Waals surface area contributed by atoms with Crippen LogP contribution in [0.5, 0.6) is 0 Å². The van der Waals surface area contributed by atoms with Gasteiger partial charge in [0.25, 0.3) is 0 Å². The van der Waals surface area contributed by atoms with Crippen LogP contribution in [0.25, 0.3) is 0 Å². The third-order valence-corrected chi connectivity index (χ3v) is 1.78. The molecule has 4 heteroatoms. The van der Waals surface area contributed by atoms with Crippen LogP contribution in [0.3, 0.4) is 0 Å². The van der Waals surface area contributed by atoms with E-state index < -0.39 is 0 Å². The maximum atomic E-state index is 11.1. The number of Topliss-reactive ketones (excluding diaryl/α,β-unsaturated/α-hetero) is 1. The van der Waals surface area contributed by atoms with Crippen molar-refractivity contribution in [3.8, 4) is 0 Å². The fraction of sp³-hybridized carbons (Fsp3) is 0.250. The lowest BCUT2D eigenvalue weighted by Crippen LogP contribution is -1.99. The number of nitrogens with zero attached hydrogens (tertiary/aromatic N) is 1. The summed E-state index contributed by atoms with van der Waals surface area (Å²) in [5, 5.41) is 0.686. The molecule has 2 nitrogen and oxygen atoms in total. The molecular weight excluding hydrogens is 197 g/mol.